The van der Waals surface area contributed by atoms with Crippen molar-refractivity contribution >= 4 is 0 Å². The average Bonchev–Trinajstić information content (AvgIpc) is 2.26. The van der Waals surface area contributed by atoms with Gasteiger partial charge in [-0.2, -0.15) is 0 Å². The van der Waals surface area contributed by atoms with Crippen LogP contribution in [0.3, 0.4) is 0 Å². The molecule has 1 fully saturated rings. The van der Waals surface area contributed by atoms with Gasteiger partial charge in [0, 0.05) is 0 Å². The Morgan fingerprint density at radius 1 is 1.32 bits per heavy atom. The first-order valence-corrected chi connectivity index (χ1v) is 7.84. The number of fused-ring (bicyclic) bond motifs is 1. The van der Waals surface area contributed by atoms with Gasteiger partial charge in [0.2, 0.25) is 0 Å². The lowest BCUT2D eigenvalue weighted by atomic mass is 9.51. The van der Waals surface area contributed by atoms with Crippen LogP contribution in [-0.4, -0.2) is 11.2 Å². The van der Waals surface area contributed by atoms with Gasteiger partial charge in [-0.25, -0.2) is 0 Å². The Hall–Kier alpha value is -0.560. The van der Waals surface area contributed by atoms with E-state index in [1.807, 2.05) is 6.92 Å². The second kappa shape index (κ2) is 5.09. The smallest absolute Gasteiger partial charge is 0.0515 e. The Balaban J connectivity index is 2.32. The third-order valence-corrected chi connectivity index (χ3v) is 5.56. The summed E-state index contributed by atoms with van der Waals surface area (Å²) in [6.07, 6.45) is 10.5. The molecule has 0 aromatic rings. The van der Waals surface area contributed by atoms with Crippen LogP contribution in [0.25, 0.3) is 0 Å². The van der Waals surface area contributed by atoms with Crippen molar-refractivity contribution in [3.8, 4) is 0 Å². The van der Waals surface area contributed by atoms with E-state index in [0.717, 1.165) is 12.8 Å². The molecule has 0 spiro atoms. The number of aliphatic hydroxyl groups excluding tert-OH is 1. The van der Waals surface area contributed by atoms with Crippen molar-refractivity contribution in [1.29, 1.82) is 0 Å². The predicted octanol–water partition coefficient (Wildman–Crippen LogP) is 4.87. The molecular weight excluding hydrogens is 232 g/mol. The quantitative estimate of drug-likeness (QED) is 0.769. The van der Waals surface area contributed by atoms with Crippen molar-refractivity contribution in [3.63, 3.8) is 0 Å². The van der Waals surface area contributed by atoms with Crippen molar-refractivity contribution in [2.45, 2.75) is 72.8 Å². The maximum Gasteiger partial charge on any atom is 0.0515 e. The maximum absolute atomic E-state index is 9.61. The van der Waals surface area contributed by atoms with Crippen LogP contribution >= 0.6 is 0 Å². The molecule has 2 rings (SSSR count). The summed E-state index contributed by atoms with van der Waals surface area (Å²) in [7, 11) is 0. The fourth-order valence-electron chi connectivity index (χ4n) is 4.52. The molecule has 2 aliphatic rings. The standard InChI is InChI=1S/C18H30O/c1-13-7-10-16-17(3,4)11-6-12-18(16,5)15(13)9-8-14(2)19/h7,10,14,16,19H,6,8-9,11-12H2,1-5H3/t14-,16-,18+/m0/s1. The first-order chi connectivity index (χ1) is 8.77. The van der Waals surface area contributed by atoms with E-state index < -0.39 is 0 Å². The zero-order chi connectivity index (χ0) is 14.3. The van der Waals surface area contributed by atoms with Gasteiger partial charge in [-0.05, 0) is 56.3 Å². The molecule has 108 valence electrons. The molecule has 1 N–H and O–H groups in total. The number of allylic oxidation sites excluding steroid dienone is 4. The van der Waals surface area contributed by atoms with Gasteiger partial charge in [-0.1, -0.05) is 50.5 Å². The first kappa shape index (κ1) is 14.8. The maximum atomic E-state index is 9.61. The van der Waals surface area contributed by atoms with E-state index in [1.54, 1.807) is 5.57 Å². The Labute approximate surface area is 118 Å². The molecule has 0 radical (unpaired) electrons. The molecule has 0 unspecified atom stereocenters. The summed E-state index contributed by atoms with van der Waals surface area (Å²) >= 11 is 0. The summed E-state index contributed by atoms with van der Waals surface area (Å²) in [5.74, 6) is 0.654. The van der Waals surface area contributed by atoms with Crippen LogP contribution < -0.4 is 0 Å². The SMILES string of the molecule is CC1=C(CC[C@H](C)O)[C@@]2(C)CCCC(C)(C)[C@@H]2C=C1. The van der Waals surface area contributed by atoms with Crippen molar-refractivity contribution in [3.05, 3.63) is 23.3 Å². The monoisotopic (exact) mass is 262 g/mol. The van der Waals surface area contributed by atoms with E-state index >= 15 is 0 Å². The third kappa shape index (κ3) is 2.67. The van der Waals surface area contributed by atoms with E-state index in [2.05, 4.69) is 39.8 Å². The molecule has 0 aromatic carbocycles. The van der Waals surface area contributed by atoms with Gasteiger partial charge in [-0.15, -0.1) is 0 Å². The molecule has 0 heterocycles. The van der Waals surface area contributed by atoms with E-state index in [-0.39, 0.29) is 6.10 Å². The lowest BCUT2D eigenvalue weighted by Gasteiger charge is -2.53. The van der Waals surface area contributed by atoms with Gasteiger partial charge in [0.15, 0.2) is 0 Å². The van der Waals surface area contributed by atoms with Gasteiger partial charge in [0.1, 0.15) is 0 Å². The fourth-order valence-corrected chi connectivity index (χ4v) is 4.52. The van der Waals surface area contributed by atoms with Crippen molar-refractivity contribution in [2.24, 2.45) is 16.7 Å². The minimum absolute atomic E-state index is 0.190. The second-order valence-corrected chi connectivity index (χ2v) is 7.65. The minimum atomic E-state index is -0.190. The number of aliphatic hydroxyl groups is 1. The molecule has 0 amide bonds. The Kier molecular flexibility index (Phi) is 3.97. The summed E-state index contributed by atoms with van der Waals surface area (Å²) in [6, 6.07) is 0. The summed E-state index contributed by atoms with van der Waals surface area (Å²) in [6.45, 7) is 11.5. The number of rotatable bonds is 3. The van der Waals surface area contributed by atoms with Gasteiger partial charge < -0.3 is 5.11 Å². The molecule has 0 aromatic heterocycles. The Bertz CT molecular complexity index is 400. The molecular formula is C18H30O. The van der Waals surface area contributed by atoms with Gasteiger partial charge in [-0.3, -0.25) is 0 Å². The highest BCUT2D eigenvalue weighted by Crippen LogP contribution is 2.58. The van der Waals surface area contributed by atoms with Gasteiger partial charge in [0.05, 0.1) is 6.10 Å². The largest absolute Gasteiger partial charge is 0.393 e. The van der Waals surface area contributed by atoms with Crippen molar-refractivity contribution in [2.75, 3.05) is 0 Å². The Morgan fingerprint density at radius 3 is 2.63 bits per heavy atom. The fraction of sp³-hybridized carbons (Fsp3) is 0.778. The van der Waals surface area contributed by atoms with Crippen LogP contribution in [0.2, 0.25) is 0 Å². The van der Waals surface area contributed by atoms with E-state index in [1.165, 1.54) is 24.8 Å². The molecule has 1 nitrogen and oxygen atoms in total. The zero-order valence-corrected chi connectivity index (χ0v) is 13.3. The lowest BCUT2D eigenvalue weighted by Crippen LogP contribution is -2.43. The van der Waals surface area contributed by atoms with Crippen LogP contribution in [0.1, 0.15) is 66.7 Å². The van der Waals surface area contributed by atoms with Crippen LogP contribution in [-0.2, 0) is 0 Å². The highest BCUT2D eigenvalue weighted by Gasteiger charge is 2.48. The van der Waals surface area contributed by atoms with Crippen LogP contribution in [0, 0.1) is 16.7 Å². The van der Waals surface area contributed by atoms with Crippen LogP contribution in [0.4, 0.5) is 0 Å². The summed E-state index contributed by atoms with van der Waals surface area (Å²) in [4.78, 5) is 0. The normalized spacial score (nSPS) is 35.2. The van der Waals surface area contributed by atoms with Gasteiger partial charge in [0.25, 0.3) is 0 Å². The summed E-state index contributed by atoms with van der Waals surface area (Å²) in [5.41, 5.74) is 3.77. The van der Waals surface area contributed by atoms with E-state index in [0.29, 0.717) is 16.7 Å². The van der Waals surface area contributed by atoms with Crippen LogP contribution in [0.5, 0.6) is 0 Å². The average molecular weight is 262 g/mol. The molecule has 1 heteroatoms. The highest BCUT2D eigenvalue weighted by atomic mass is 16.3. The van der Waals surface area contributed by atoms with E-state index in [4.69, 9.17) is 0 Å². The number of hydrogen-bond acceptors (Lipinski definition) is 1. The second-order valence-electron chi connectivity index (χ2n) is 7.65. The minimum Gasteiger partial charge on any atom is -0.393 e. The molecule has 0 saturated heterocycles. The van der Waals surface area contributed by atoms with Crippen LogP contribution in [0.15, 0.2) is 23.3 Å². The van der Waals surface area contributed by atoms with Crippen molar-refractivity contribution in [1.82, 2.24) is 0 Å². The number of hydrogen-bond donors (Lipinski definition) is 1. The molecule has 3 atom stereocenters. The zero-order valence-electron chi connectivity index (χ0n) is 13.3. The molecule has 2 aliphatic carbocycles. The van der Waals surface area contributed by atoms with Crippen molar-refractivity contribution < 1.29 is 5.11 Å². The Morgan fingerprint density at radius 2 is 2.00 bits per heavy atom. The first-order valence-electron chi connectivity index (χ1n) is 7.84. The highest BCUT2D eigenvalue weighted by molar-refractivity contribution is 5.37. The van der Waals surface area contributed by atoms with Gasteiger partial charge >= 0.3 is 0 Å². The third-order valence-electron chi connectivity index (χ3n) is 5.56. The molecule has 0 aliphatic heterocycles. The lowest BCUT2D eigenvalue weighted by molar-refractivity contribution is 0.0555. The van der Waals surface area contributed by atoms with E-state index in [9.17, 15) is 5.11 Å². The molecule has 0 bridgehead atoms. The summed E-state index contributed by atoms with van der Waals surface area (Å²) < 4.78 is 0. The summed E-state index contributed by atoms with van der Waals surface area (Å²) in [5, 5.41) is 9.61. The molecule has 19 heavy (non-hydrogen) atoms. The predicted molar refractivity (Wildman–Crippen MR) is 82.0 cm³/mol. The topological polar surface area (TPSA) is 20.2 Å². The molecule has 1 saturated carbocycles.